The van der Waals surface area contributed by atoms with Crippen molar-refractivity contribution in [2.24, 2.45) is 46.3 Å². The van der Waals surface area contributed by atoms with Gasteiger partial charge in [-0.25, -0.2) is 4.79 Å². The molecule has 0 aromatic rings. The molecule has 8 rings (SSSR count). The maximum absolute atomic E-state index is 13.5. The number of carbonyl (C=O) groups is 7. The molecule has 3 saturated carbocycles. The summed E-state index contributed by atoms with van der Waals surface area (Å²) in [5, 5.41) is 20.5. The van der Waals surface area contributed by atoms with Gasteiger partial charge < -0.3 is 35.3 Å². The lowest BCUT2D eigenvalue weighted by Gasteiger charge is -2.58. The van der Waals surface area contributed by atoms with Gasteiger partial charge in [-0.2, -0.15) is 11.8 Å². The standard InChI is InChI=1S/C54H79N3O11S/c1-32-27-42(33(2)38-18-19-39-35-28-46-54(68-46)45(60)21-20-44(59)53(54,4)40(35)23-24-52(38,39)3)67-51(65)37(32)30-66-50(64)22-17-34(58)13-7-5-11-25-55-47(61)15-8-6-12-26-56-48(62)16-10-9-14-43-36-29-49(63)57-41(36)31-69-43/h20-21,33,35-36,38-43,45-46,60H,5-19,22-31H2,1-4H3,(H,55,61)(H,56,62)(H,57,63)/t33-,35?,36?,38?,39?,40?,41?,42?,43?,45?,46+,52+,53-,54+/m0/s1. The third-order valence-electron chi connectivity index (χ3n) is 18.7. The highest BCUT2D eigenvalue weighted by Gasteiger charge is 2.80. The van der Waals surface area contributed by atoms with Crippen molar-refractivity contribution in [3.63, 3.8) is 0 Å². The van der Waals surface area contributed by atoms with E-state index in [9.17, 15) is 38.7 Å². The van der Waals surface area contributed by atoms with Gasteiger partial charge in [0.2, 0.25) is 17.7 Å². The number of carbonyl (C=O) groups excluding carboxylic acids is 7. The molecule has 4 heterocycles. The fourth-order valence-electron chi connectivity index (χ4n) is 14.7. The summed E-state index contributed by atoms with van der Waals surface area (Å²) in [6, 6.07) is 0.337. The summed E-state index contributed by atoms with van der Waals surface area (Å²) in [4.78, 5) is 88.3. The number of aliphatic hydroxyl groups excluding tert-OH is 1. The van der Waals surface area contributed by atoms with Crippen LogP contribution in [-0.2, 0) is 47.8 Å². The van der Waals surface area contributed by atoms with Crippen molar-refractivity contribution in [2.75, 3.05) is 25.4 Å². The highest BCUT2D eigenvalue weighted by molar-refractivity contribution is 8.00. The zero-order chi connectivity index (χ0) is 49.1. The molecule has 69 heavy (non-hydrogen) atoms. The molecular weight excluding hydrogens is 899 g/mol. The molecule has 3 amide bonds. The summed E-state index contributed by atoms with van der Waals surface area (Å²) in [5.74, 6) is 2.23. The van der Waals surface area contributed by atoms with E-state index in [0.29, 0.717) is 92.2 Å². The Kier molecular flexibility index (Phi) is 16.6. The lowest BCUT2D eigenvalue weighted by molar-refractivity contribution is -0.156. The molecule has 1 spiro atoms. The number of esters is 2. The van der Waals surface area contributed by atoms with E-state index in [1.165, 1.54) is 0 Å². The largest absolute Gasteiger partial charge is 0.461 e. The zero-order valence-corrected chi connectivity index (χ0v) is 42.4. The van der Waals surface area contributed by atoms with Crippen molar-refractivity contribution in [1.29, 1.82) is 0 Å². The van der Waals surface area contributed by atoms with Gasteiger partial charge in [0.1, 0.15) is 30.2 Å². The molecule has 3 saturated heterocycles. The van der Waals surface area contributed by atoms with Crippen LogP contribution in [0.2, 0.25) is 0 Å². The van der Waals surface area contributed by atoms with Gasteiger partial charge in [-0.15, -0.1) is 0 Å². The minimum absolute atomic E-state index is 0.00905. The lowest BCUT2D eigenvalue weighted by atomic mass is 9.44. The number of allylic oxidation sites excluding steroid dienone is 1. The predicted octanol–water partition coefficient (Wildman–Crippen LogP) is 6.79. The summed E-state index contributed by atoms with van der Waals surface area (Å²) in [7, 11) is 0. The summed E-state index contributed by atoms with van der Waals surface area (Å²) < 4.78 is 17.9. The van der Waals surface area contributed by atoms with E-state index in [1.807, 2.05) is 25.6 Å². The Hall–Kier alpha value is -3.56. The number of aliphatic hydroxyl groups is 1. The van der Waals surface area contributed by atoms with Crippen molar-refractivity contribution in [3.05, 3.63) is 23.3 Å². The molecule has 8 aliphatic rings. The Balaban J connectivity index is 0.639. The number of ketones is 2. The number of thioether (sulfide) groups is 1. The first-order valence-electron chi connectivity index (χ1n) is 26.7. The van der Waals surface area contributed by atoms with Crippen molar-refractivity contribution in [2.45, 2.75) is 198 Å². The fraction of sp³-hybridized carbons (Fsp3) is 0.796. The van der Waals surface area contributed by atoms with Gasteiger partial charge in [-0.1, -0.05) is 38.7 Å². The summed E-state index contributed by atoms with van der Waals surface area (Å²) >= 11 is 1.95. The topological polar surface area (TPSA) is 207 Å². The van der Waals surface area contributed by atoms with Crippen LogP contribution in [0.4, 0.5) is 0 Å². The van der Waals surface area contributed by atoms with Gasteiger partial charge in [-0.05, 0) is 132 Å². The van der Waals surface area contributed by atoms with Crippen molar-refractivity contribution < 1.29 is 52.9 Å². The van der Waals surface area contributed by atoms with Gasteiger partial charge >= 0.3 is 11.9 Å². The number of rotatable bonds is 24. The van der Waals surface area contributed by atoms with E-state index in [1.54, 1.807) is 12.2 Å². The second-order valence-electron chi connectivity index (χ2n) is 22.6. The van der Waals surface area contributed by atoms with Crippen LogP contribution in [0, 0.1) is 46.3 Å². The number of nitrogens with one attached hydrogen (secondary N) is 3. The minimum atomic E-state index is -0.778. The lowest BCUT2D eigenvalue weighted by Crippen LogP contribution is -2.63. The average molecular weight is 978 g/mol. The van der Waals surface area contributed by atoms with Crippen LogP contribution in [0.25, 0.3) is 0 Å². The SMILES string of the molecule is CC1=C(COC(=O)CCC(=O)CCCCCNC(=O)CCCCCNC(=O)CCCCC2SCC3NC(=O)CC32)C(=O)OC([C@@H](C)C2CCC3C4C[C@H]5O[C@]56C(O)C=CC(=O)[C@]6(C)C4CC[C@@]32C)C1. The molecule has 0 radical (unpaired) electrons. The van der Waals surface area contributed by atoms with Crippen LogP contribution >= 0.6 is 11.8 Å². The maximum Gasteiger partial charge on any atom is 0.337 e. The molecule has 4 aliphatic heterocycles. The molecule has 14 atom stereocenters. The number of ether oxygens (including phenoxy) is 3. The smallest absolute Gasteiger partial charge is 0.337 e. The summed E-state index contributed by atoms with van der Waals surface area (Å²) in [5.41, 5.74) is -0.217. The van der Waals surface area contributed by atoms with E-state index < -0.39 is 29.1 Å². The monoisotopic (exact) mass is 978 g/mol. The minimum Gasteiger partial charge on any atom is -0.461 e. The summed E-state index contributed by atoms with van der Waals surface area (Å²) in [6.07, 6.45) is 17.1. The molecule has 14 nitrogen and oxygen atoms in total. The van der Waals surface area contributed by atoms with Crippen LogP contribution in [0.1, 0.15) is 163 Å². The van der Waals surface area contributed by atoms with Crippen LogP contribution in [0.5, 0.6) is 0 Å². The number of hydrogen-bond acceptors (Lipinski definition) is 12. The molecule has 0 bridgehead atoms. The van der Waals surface area contributed by atoms with Crippen LogP contribution in [0.15, 0.2) is 23.3 Å². The highest BCUT2D eigenvalue weighted by Crippen LogP contribution is 2.73. The first kappa shape index (κ1) is 51.8. The molecule has 0 aromatic carbocycles. The Labute approximate surface area is 413 Å². The van der Waals surface area contributed by atoms with Gasteiger partial charge in [0.25, 0.3) is 0 Å². The molecule has 382 valence electrons. The van der Waals surface area contributed by atoms with Gasteiger partial charge in [0, 0.05) is 74.6 Å². The second-order valence-corrected chi connectivity index (χ2v) is 23.8. The van der Waals surface area contributed by atoms with Crippen molar-refractivity contribution >= 4 is 53.0 Å². The first-order valence-corrected chi connectivity index (χ1v) is 27.7. The van der Waals surface area contributed by atoms with E-state index in [0.717, 1.165) is 94.8 Å². The Morgan fingerprint density at radius 1 is 0.870 bits per heavy atom. The third kappa shape index (κ3) is 10.8. The number of Topliss-reactive ketones (excluding diaryl/α,β-unsaturated/α-hetero) is 1. The molecule has 6 fully saturated rings. The highest BCUT2D eigenvalue weighted by atomic mass is 32.2. The van der Waals surface area contributed by atoms with E-state index in [4.69, 9.17) is 14.2 Å². The quantitative estimate of drug-likeness (QED) is 0.0449. The van der Waals surface area contributed by atoms with E-state index >= 15 is 0 Å². The fourth-order valence-corrected chi connectivity index (χ4v) is 16.3. The number of cyclic esters (lactones) is 1. The van der Waals surface area contributed by atoms with Gasteiger partial charge in [0.15, 0.2) is 5.78 Å². The molecule has 9 unspecified atom stereocenters. The Bertz CT molecular complexity index is 2040. The number of hydrogen-bond donors (Lipinski definition) is 4. The first-order chi connectivity index (χ1) is 33.1. The van der Waals surface area contributed by atoms with Crippen LogP contribution in [0.3, 0.4) is 0 Å². The second kappa shape index (κ2) is 22.1. The van der Waals surface area contributed by atoms with Crippen molar-refractivity contribution in [1.82, 2.24) is 16.0 Å². The molecular formula is C54H79N3O11S. The molecule has 0 aromatic heterocycles. The Morgan fingerprint density at radius 3 is 2.30 bits per heavy atom. The third-order valence-corrected chi connectivity index (χ3v) is 20.2. The van der Waals surface area contributed by atoms with Crippen LogP contribution < -0.4 is 16.0 Å². The van der Waals surface area contributed by atoms with E-state index in [-0.39, 0.29) is 78.2 Å². The molecule has 4 aliphatic carbocycles. The number of fused-ring (bicyclic) bond motifs is 5. The maximum atomic E-state index is 13.5. The molecule has 4 N–H and O–H groups in total. The van der Waals surface area contributed by atoms with Gasteiger partial charge in [0.05, 0.1) is 23.5 Å². The normalized spacial score (nSPS) is 36.6. The average Bonchev–Trinajstić information content (AvgIpc) is 3.53. The van der Waals surface area contributed by atoms with Crippen LogP contribution in [-0.4, -0.2) is 107 Å². The Morgan fingerprint density at radius 2 is 1.58 bits per heavy atom. The number of unbranched alkanes of at least 4 members (excludes halogenated alkanes) is 5. The number of amides is 3. The van der Waals surface area contributed by atoms with E-state index in [2.05, 4.69) is 29.8 Å². The number of epoxide rings is 1. The van der Waals surface area contributed by atoms with Gasteiger partial charge in [-0.3, -0.25) is 28.8 Å². The zero-order valence-electron chi connectivity index (χ0n) is 41.6. The predicted molar refractivity (Wildman–Crippen MR) is 260 cm³/mol. The summed E-state index contributed by atoms with van der Waals surface area (Å²) in [6.45, 7) is 9.58. The van der Waals surface area contributed by atoms with Crippen molar-refractivity contribution in [3.8, 4) is 0 Å². The molecule has 15 heteroatoms.